The van der Waals surface area contributed by atoms with Gasteiger partial charge in [-0.25, -0.2) is 0 Å². The molecule has 0 aliphatic carbocycles. The van der Waals surface area contributed by atoms with Crippen molar-refractivity contribution in [2.24, 2.45) is 0 Å². The number of imide groups is 1. The molecule has 3 aromatic rings. The molecule has 6 nitrogen and oxygen atoms in total. The van der Waals surface area contributed by atoms with Gasteiger partial charge in [0.15, 0.2) is 5.75 Å². The van der Waals surface area contributed by atoms with Crippen LogP contribution in [0.2, 0.25) is 5.02 Å². The molecule has 162 valence electrons. The van der Waals surface area contributed by atoms with E-state index in [0.717, 1.165) is 11.1 Å². The molecule has 1 aliphatic heterocycles. The average molecular weight is 449 g/mol. The topological polar surface area (TPSA) is 75.7 Å². The van der Waals surface area contributed by atoms with Gasteiger partial charge in [0.25, 0.3) is 5.91 Å². The van der Waals surface area contributed by atoms with E-state index >= 15 is 0 Å². The standard InChI is InChI=1S/C25H21ClN2O4/c1-16-2-9-20(10-3-16)32-22-11-8-19(26)14-21(22)27-25(31)18-6-4-17(5-7-18)15-28-23(29)12-13-24(28)30/h2-11,14H,12-13,15H2,1H3,(H,27,31). The van der Waals surface area contributed by atoms with E-state index in [1.165, 1.54) is 4.90 Å². The van der Waals surface area contributed by atoms with Crippen molar-refractivity contribution >= 4 is 35.0 Å². The van der Waals surface area contributed by atoms with Gasteiger partial charge in [-0.2, -0.15) is 0 Å². The van der Waals surface area contributed by atoms with E-state index in [1.807, 2.05) is 31.2 Å². The van der Waals surface area contributed by atoms with Crippen LogP contribution >= 0.6 is 11.6 Å². The van der Waals surface area contributed by atoms with Crippen LogP contribution in [-0.2, 0) is 16.1 Å². The zero-order valence-corrected chi connectivity index (χ0v) is 18.2. The maximum absolute atomic E-state index is 12.8. The number of rotatable bonds is 6. The van der Waals surface area contributed by atoms with Gasteiger partial charge in [0, 0.05) is 23.4 Å². The number of nitrogens with zero attached hydrogens (tertiary/aromatic N) is 1. The van der Waals surface area contributed by atoms with Gasteiger partial charge in [0.05, 0.1) is 12.2 Å². The summed E-state index contributed by atoms with van der Waals surface area (Å²) in [6, 6.07) is 19.4. The predicted octanol–water partition coefficient (Wildman–Crippen LogP) is 5.34. The highest BCUT2D eigenvalue weighted by Gasteiger charge is 2.28. The van der Waals surface area contributed by atoms with Crippen molar-refractivity contribution in [3.05, 3.63) is 88.4 Å². The van der Waals surface area contributed by atoms with Gasteiger partial charge in [-0.05, 0) is 55.0 Å². The molecule has 32 heavy (non-hydrogen) atoms. The van der Waals surface area contributed by atoms with Crippen LogP contribution in [0.25, 0.3) is 0 Å². The zero-order chi connectivity index (χ0) is 22.7. The summed E-state index contributed by atoms with van der Waals surface area (Å²) in [5.74, 6) is 0.441. The van der Waals surface area contributed by atoms with Gasteiger partial charge in [-0.3, -0.25) is 19.3 Å². The molecule has 4 rings (SSSR count). The molecular weight excluding hydrogens is 428 g/mol. The Balaban J connectivity index is 1.47. The number of ether oxygens (including phenoxy) is 1. The molecule has 0 unspecified atom stereocenters. The van der Waals surface area contributed by atoms with Crippen molar-refractivity contribution in [3.63, 3.8) is 0 Å². The second-order valence-electron chi connectivity index (χ2n) is 7.58. The molecule has 0 bridgehead atoms. The summed E-state index contributed by atoms with van der Waals surface area (Å²) in [5.41, 5.74) is 2.76. The first kappa shape index (κ1) is 21.6. The van der Waals surface area contributed by atoms with Crippen LogP contribution < -0.4 is 10.1 Å². The highest BCUT2D eigenvalue weighted by Crippen LogP contribution is 2.32. The third-order valence-electron chi connectivity index (χ3n) is 5.15. The Morgan fingerprint density at radius 1 is 0.969 bits per heavy atom. The lowest BCUT2D eigenvalue weighted by molar-refractivity contribution is -0.139. The number of halogens is 1. The van der Waals surface area contributed by atoms with Crippen molar-refractivity contribution in [1.82, 2.24) is 4.90 Å². The summed E-state index contributed by atoms with van der Waals surface area (Å²) in [6.07, 6.45) is 0.512. The summed E-state index contributed by atoms with van der Waals surface area (Å²) < 4.78 is 5.93. The van der Waals surface area contributed by atoms with Crippen LogP contribution in [0.1, 0.15) is 34.3 Å². The molecule has 1 heterocycles. The van der Waals surface area contributed by atoms with Crippen molar-refractivity contribution in [2.45, 2.75) is 26.3 Å². The van der Waals surface area contributed by atoms with Crippen molar-refractivity contribution < 1.29 is 19.1 Å². The Labute approximate surface area is 190 Å². The molecule has 0 aromatic heterocycles. The first-order chi connectivity index (χ1) is 15.4. The third kappa shape index (κ3) is 4.98. The minimum absolute atomic E-state index is 0.168. The highest BCUT2D eigenvalue weighted by atomic mass is 35.5. The fourth-order valence-corrected chi connectivity index (χ4v) is 3.53. The fourth-order valence-electron chi connectivity index (χ4n) is 3.36. The van der Waals surface area contributed by atoms with Crippen molar-refractivity contribution in [3.8, 4) is 11.5 Å². The van der Waals surface area contributed by atoms with E-state index < -0.39 is 0 Å². The molecular formula is C25H21ClN2O4. The second-order valence-corrected chi connectivity index (χ2v) is 8.02. The van der Waals surface area contributed by atoms with Crippen LogP contribution in [0.5, 0.6) is 11.5 Å². The quantitative estimate of drug-likeness (QED) is 0.516. The minimum Gasteiger partial charge on any atom is -0.455 e. The Kier molecular flexibility index (Phi) is 6.23. The normalized spacial score (nSPS) is 13.4. The van der Waals surface area contributed by atoms with Gasteiger partial charge in [0.2, 0.25) is 11.8 Å². The predicted molar refractivity (Wildman–Crippen MR) is 122 cm³/mol. The Hall–Kier alpha value is -3.64. The number of benzene rings is 3. The van der Waals surface area contributed by atoms with E-state index in [1.54, 1.807) is 42.5 Å². The van der Waals surface area contributed by atoms with Crippen molar-refractivity contribution in [1.29, 1.82) is 0 Å². The molecule has 1 fully saturated rings. The van der Waals surface area contributed by atoms with Gasteiger partial charge in [0.1, 0.15) is 5.75 Å². The van der Waals surface area contributed by atoms with Gasteiger partial charge in [-0.15, -0.1) is 0 Å². The summed E-state index contributed by atoms with van der Waals surface area (Å²) in [6.45, 7) is 2.20. The number of hydrogen-bond donors (Lipinski definition) is 1. The molecule has 0 atom stereocenters. The molecule has 1 aliphatic rings. The highest BCUT2D eigenvalue weighted by molar-refractivity contribution is 6.31. The molecule has 1 saturated heterocycles. The van der Waals surface area contributed by atoms with E-state index in [9.17, 15) is 14.4 Å². The Morgan fingerprint density at radius 2 is 1.62 bits per heavy atom. The molecule has 3 amide bonds. The average Bonchev–Trinajstić information content (AvgIpc) is 3.09. The van der Waals surface area contributed by atoms with E-state index in [-0.39, 0.29) is 37.1 Å². The van der Waals surface area contributed by atoms with Gasteiger partial charge < -0.3 is 10.1 Å². The first-order valence-electron chi connectivity index (χ1n) is 10.2. The van der Waals surface area contributed by atoms with Crippen molar-refractivity contribution in [2.75, 3.05) is 5.32 Å². The van der Waals surface area contributed by atoms with E-state index in [2.05, 4.69) is 5.32 Å². The smallest absolute Gasteiger partial charge is 0.255 e. The second kappa shape index (κ2) is 9.24. The SMILES string of the molecule is Cc1ccc(Oc2ccc(Cl)cc2NC(=O)c2ccc(CN3C(=O)CCC3=O)cc2)cc1. The number of nitrogens with one attached hydrogen (secondary N) is 1. The van der Waals surface area contributed by atoms with E-state index in [0.29, 0.717) is 27.8 Å². The number of carbonyl (C=O) groups excluding carboxylic acids is 3. The Morgan fingerprint density at radius 3 is 2.28 bits per heavy atom. The Bertz CT molecular complexity index is 1160. The van der Waals surface area contributed by atoms with Gasteiger partial charge >= 0.3 is 0 Å². The maximum atomic E-state index is 12.8. The van der Waals surface area contributed by atoms with E-state index in [4.69, 9.17) is 16.3 Å². The fraction of sp³-hybridized carbons (Fsp3) is 0.160. The molecule has 0 spiro atoms. The molecule has 0 saturated carbocycles. The zero-order valence-electron chi connectivity index (χ0n) is 17.4. The lowest BCUT2D eigenvalue weighted by Crippen LogP contribution is -2.28. The lowest BCUT2D eigenvalue weighted by atomic mass is 10.1. The van der Waals surface area contributed by atoms with Crippen LogP contribution in [0.15, 0.2) is 66.7 Å². The largest absolute Gasteiger partial charge is 0.455 e. The maximum Gasteiger partial charge on any atom is 0.255 e. The number of aryl methyl sites for hydroxylation is 1. The number of amides is 3. The number of hydrogen-bond acceptors (Lipinski definition) is 4. The molecule has 1 N–H and O–H groups in total. The minimum atomic E-state index is -0.333. The number of likely N-dealkylation sites (tertiary alicyclic amines) is 1. The van der Waals surface area contributed by atoms with Crippen LogP contribution in [0, 0.1) is 6.92 Å². The monoisotopic (exact) mass is 448 g/mol. The lowest BCUT2D eigenvalue weighted by Gasteiger charge is -2.15. The third-order valence-corrected chi connectivity index (χ3v) is 5.39. The summed E-state index contributed by atoms with van der Waals surface area (Å²) in [4.78, 5) is 37.6. The summed E-state index contributed by atoms with van der Waals surface area (Å²) in [5, 5.41) is 3.30. The number of carbonyl (C=O) groups is 3. The summed E-state index contributed by atoms with van der Waals surface area (Å²) in [7, 11) is 0. The first-order valence-corrected chi connectivity index (χ1v) is 10.5. The van der Waals surface area contributed by atoms with Gasteiger partial charge in [-0.1, -0.05) is 41.4 Å². The van der Waals surface area contributed by atoms with Crippen LogP contribution in [0.4, 0.5) is 5.69 Å². The van der Waals surface area contributed by atoms with Crippen LogP contribution in [-0.4, -0.2) is 22.6 Å². The molecule has 0 radical (unpaired) electrons. The summed E-state index contributed by atoms with van der Waals surface area (Å²) >= 11 is 6.13. The van der Waals surface area contributed by atoms with Crippen LogP contribution in [0.3, 0.4) is 0 Å². The molecule has 7 heteroatoms. The number of anilines is 1. The molecule has 3 aromatic carbocycles.